The summed E-state index contributed by atoms with van der Waals surface area (Å²) in [6, 6.07) is 5.82. The first-order valence-corrected chi connectivity index (χ1v) is 7.55. The van der Waals surface area contributed by atoms with Gasteiger partial charge in [0.25, 0.3) is 0 Å². The molecule has 116 valence electrons. The van der Waals surface area contributed by atoms with Crippen LogP contribution in [0.4, 0.5) is 5.82 Å². The van der Waals surface area contributed by atoms with Crippen LogP contribution < -0.4 is 5.32 Å². The highest BCUT2D eigenvalue weighted by Crippen LogP contribution is 2.22. The number of likely N-dealkylation sites (tertiary alicyclic amines) is 1. The fourth-order valence-corrected chi connectivity index (χ4v) is 2.79. The van der Waals surface area contributed by atoms with E-state index in [4.69, 9.17) is 11.6 Å². The van der Waals surface area contributed by atoms with Gasteiger partial charge in [0.2, 0.25) is 5.91 Å². The zero-order chi connectivity index (χ0) is 15.7. The summed E-state index contributed by atoms with van der Waals surface area (Å²) in [5, 5.41) is 7.80. The molecular weight excluding hydrogens is 302 g/mol. The second-order valence-corrected chi connectivity index (χ2v) is 6.07. The molecule has 1 saturated heterocycles. The van der Waals surface area contributed by atoms with Crippen LogP contribution in [0.2, 0.25) is 5.02 Å². The van der Waals surface area contributed by atoms with Gasteiger partial charge < -0.3 is 5.32 Å². The van der Waals surface area contributed by atoms with Crippen LogP contribution in [0.3, 0.4) is 0 Å². The van der Waals surface area contributed by atoms with Gasteiger partial charge >= 0.3 is 0 Å². The van der Waals surface area contributed by atoms with Gasteiger partial charge in [0.15, 0.2) is 0 Å². The Morgan fingerprint density at radius 3 is 2.77 bits per heavy atom. The number of anilines is 1. The van der Waals surface area contributed by atoms with Crippen molar-refractivity contribution in [3.63, 3.8) is 0 Å². The molecule has 1 aliphatic heterocycles. The third-order valence-corrected chi connectivity index (χ3v) is 3.91. The maximum atomic E-state index is 12.0. The minimum Gasteiger partial charge on any atom is -0.310 e. The van der Waals surface area contributed by atoms with Crippen molar-refractivity contribution in [3.05, 3.63) is 40.8 Å². The van der Waals surface area contributed by atoms with E-state index in [0.29, 0.717) is 23.4 Å². The average Bonchev–Trinajstić information content (AvgIpc) is 2.75. The molecule has 7 heteroatoms. The van der Waals surface area contributed by atoms with Crippen molar-refractivity contribution >= 4 is 23.3 Å². The molecule has 22 heavy (non-hydrogen) atoms. The van der Waals surface area contributed by atoms with Crippen LogP contribution in [0.15, 0.2) is 24.4 Å². The van der Waals surface area contributed by atoms with E-state index < -0.39 is 0 Å². The topological polar surface area (TPSA) is 63.1 Å². The summed E-state index contributed by atoms with van der Waals surface area (Å²) in [6.07, 6.45) is 1.51. The van der Waals surface area contributed by atoms with Gasteiger partial charge in [-0.05, 0) is 32.0 Å². The van der Waals surface area contributed by atoms with E-state index in [-0.39, 0.29) is 5.91 Å². The smallest absolute Gasteiger partial charge is 0.239 e. The maximum Gasteiger partial charge on any atom is 0.239 e. The van der Waals surface area contributed by atoms with Gasteiger partial charge in [0.1, 0.15) is 5.82 Å². The predicted molar refractivity (Wildman–Crippen MR) is 85.1 cm³/mol. The first kappa shape index (κ1) is 15.0. The summed E-state index contributed by atoms with van der Waals surface area (Å²) in [5.41, 5.74) is 2.19. The highest BCUT2D eigenvalue weighted by molar-refractivity contribution is 6.30. The Labute approximate surface area is 134 Å². The Balaban J connectivity index is 1.48. The molecule has 2 aromatic rings. The molecule has 2 aromatic heterocycles. The van der Waals surface area contributed by atoms with Gasteiger partial charge in [-0.25, -0.2) is 4.98 Å². The molecule has 0 atom stereocenters. The number of amides is 1. The summed E-state index contributed by atoms with van der Waals surface area (Å²) in [5.74, 6) is 0.451. The molecule has 0 bridgehead atoms. The second-order valence-electron chi connectivity index (χ2n) is 5.63. The lowest BCUT2D eigenvalue weighted by Gasteiger charge is -2.39. The molecule has 0 spiro atoms. The molecule has 1 fully saturated rings. The predicted octanol–water partition coefficient (Wildman–Crippen LogP) is 2.04. The lowest BCUT2D eigenvalue weighted by Crippen LogP contribution is -2.51. The summed E-state index contributed by atoms with van der Waals surface area (Å²) in [7, 11) is 0. The van der Waals surface area contributed by atoms with E-state index in [2.05, 4.69) is 33.3 Å². The van der Waals surface area contributed by atoms with Gasteiger partial charge in [-0.2, -0.15) is 5.10 Å². The van der Waals surface area contributed by atoms with Gasteiger partial charge in [0, 0.05) is 25.0 Å². The summed E-state index contributed by atoms with van der Waals surface area (Å²) < 4.78 is 2.05. The Hall–Kier alpha value is -1.92. The number of pyridine rings is 1. The molecule has 0 radical (unpaired) electrons. The number of rotatable bonds is 4. The number of hydrogen-bond acceptors (Lipinski definition) is 4. The highest BCUT2D eigenvalue weighted by atomic mass is 35.5. The van der Waals surface area contributed by atoms with E-state index >= 15 is 0 Å². The summed E-state index contributed by atoms with van der Waals surface area (Å²) in [6.45, 7) is 6.08. The van der Waals surface area contributed by atoms with Crippen LogP contribution >= 0.6 is 11.6 Å². The number of hydrogen-bond donors (Lipinski definition) is 1. The summed E-state index contributed by atoms with van der Waals surface area (Å²) in [4.78, 5) is 18.1. The summed E-state index contributed by atoms with van der Waals surface area (Å²) >= 11 is 5.76. The quantitative estimate of drug-likeness (QED) is 0.936. The number of aromatic nitrogens is 3. The number of nitrogens with one attached hydrogen (secondary N) is 1. The minimum absolute atomic E-state index is 0.0679. The highest BCUT2D eigenvalue weighted by Gasteiger charge is 2.30. The zero-order valence-corrected chi connectivity index (χ0v) is 13.3. The fraction of sp³-hybridized carbons (Fsp3) is 0.400. The van der Waals surface area contributed by atoms with Crippen molar-refractivity contribution in [2.45, 2.75) is 19.9 Å². The number of nitrogens with zero attached hydrogens (tertiary/aromatic N) is 4. The third kappa shape index (κ3) is 3.28. The monoisotopic (exact) mass is 319 g/mol. The van der Waals surface area contributed by atoms with Crippen LogP contribution in [-0.2, 0) is 4.79 Å². The maximum absolute atomic E-state index is 12.0. The molecule has 0 saturated carbocycles. The normalized spacial score (nSPS) is 15.6. The van der Waals surface area contributed by atoms with Crippen molar-refractivity contribution < 1.29 is 4.79 Å². The van der Waals surface area contributed by atoms with E-state index in [1.807, 2.05) is 11.6 Å². The molecule has 1 amide bonds. The Morgan fingerprint density at radius 2 is 2.18 bits per heavy atom. The lowest BCUT2D eigenvalue weighted by atomic mass is 10.1. The van der Waals surface area contributed by atoms with E-state index in [9.17, 15) is 4.79 Å². The van der Waals surface area contributed by atoms with E-state index in [1.54, 1.807) is 12.1 Å². The average molecular weight is 320 g/mol. The molecule has 1 N–H and O–H groups in total. The first-order chi connectivity index (χ1) is 10.5. The van der Waals surface area contributed by atoms with Crippen LogP contribution in [0.5, 0.6) is 0 Å². The van der Waals surface area contributed by atoms with Crippen molar-refractivity contribution in [2.75, 3.05) is 25.0 Å². The number of aryl methyl sites for hydroxylation is 2. The Bertz CT molecular complexity index is 676. The zero-order valence-electron chi connectivity index (χ0n) is 12.6. The van der Waals surface area contributed by atoms with Gasteiger partial charge in [-0.3, -0.25) is 14.4 Å². The number of carbonyl (C=O) groups is 1. The van der Waals surface area contributed by atoms with E-state index in [0.717, 1.165) is 24.5 Å². The van der Waals surface area contributed by atoms with Gasteiger partial charge in [0.05, 0.1) is 23.3 Å². The van der Waals surface area contributed by atoms with Crippen molar-refractivity contribution in [1.29, 1.82) is 0 Å². The molecule has 0 aromatic carbocycles. The lowest BCUT2D eigenvalue weighted by molar-refractivity contribution is -0.118. The standard InChI is InChI=1S/C15H18ClN5O/c1-10-5-11(2)21(19-10)13-7-20(8-13)9-15(22)18-14-4-3-12(16)6-17-14/h3-6,13H,7-9H2,1-2H3,(H,17,18,22). The van der Waals surface area contributed by atoms with Crippen molar-refractivity contribution in [3.8, 4) is 0 Å². The molecular formula is C15H18ClN5O. The Morgan fingerprint density at radius 1 is 1.41 bits per heavy atom. The first-order valence-electron chi connectivity index (χ1n) is 7.18. The van der Waals surface area contributed by atoms with Gasteiger partial charge in [-0.1, -0.05) is 11.6 Å². The van der Waals surface area contributed by atoms with Crippen LogP contribution in [0.1, 0.15) is 17.4 Å². The number of halogens is 1. The molecule has 1 aliphatic rings. The van der Waals surface area contributed by atoms with Gasteiger partial charge in [-0.15, -0.1) is 0 Å². The Kier molecular flexibility index (Phi) is 4.13. The van der Waals surface area contributed by atoms with Crippen LogP contribution in [0, 0.1) is 13.8 Å². The molecule has 0 unspecified atom stereocenters. The van der Waals surface area contributed by atoms with E-state index in [1.165, 1.54) is 6.20 Å². The second kappa shape index (κ2) is 6.06. The van der Waals surface area contributed by atoms with Crippen molar-refractivity contribution in [2.24, 2.45) is 0 Å². The molecule has 0 aliphatic carbocycles. The number of carbonyl (C=O) groups excluding carboxylic acids is 1. The molecule has 3 rings (SSSR count). The molecule has 6 nitrogen and oxygen atoms in total. The largest absolute Gasteiger partial charge is 0.310 e. The van der Waals surface area contributed by atoms with Crippen molar-refractivity contribution in [1.82, 2.24) is 19.7 Å². The van der Waals surface area contributed by atoms with Crippen LogP contribution in [-0.4, -0.2) is 45.2 Å². The fourth-order valence-electron chi connectivity index (χ4n) is 2.68. The molecule has 3 heterocycles. The third-order valence-electron chi connectivity index (χ3n) is 3.69. The minimum atomic E-state index is -0.0679. The SMILES string of the molecule is Cc1cc(C)n(C2CN(CC(=O)Nc3ccc(Cl)cn3)C2)n1. The van der Waals surface area contributed by atoms with Crippen LogP contribution in [0.25, 0.3) is 0 Å².